The van der Waals surface area contributed by atoms with Gasteiger partial charge in [-0.3, -0.25) is 9.78 Å². The SMILES string of the molecule is O=C1COCC(c2cnccc2Oc2ccc(F)cc2)N1Cc1cccc(OC(F)(F)F)c1. The molecule has 33 heavy (non-hydrogen) atoms. The maximum Gasteiger partial charge on any atom is 0.573 e. The smallest absolute Gasteiger partial charge is 0.457 e. The van der Waals surface area contributed by atoms with E-state index in [2.05, 4.69) is 9.72 Å². The predicted molar refractivity (Wildman–Crippen MR) is 108 cm³/mol. The average Bonchev–Trinajstić information content (AvgIpc) is 2.76. The largest absolute Gasteiger partial charge is 0.573 e. The Hall–Kier alpha value is -3.66. The quantitative estimate of drug-likeness (QED) is 0.482. The zero-order chi connectivity index (χ0) is 23.4. The number of alkyl halides is 3. The number of morpholine rings is 1. The summed E-state index contributed by atoms with van der Waals surface area (Å²) in [4.78, 5) is 18.3. The van der Waals surface area contributed by atoms with Crippen molar-refractivity contribution in [3.63, 3.8) is 0 Å². The van der Waals surface area contributed by atoms with Crippen molar-refractivity contribution in [2.24, 2.45) is 0 Å². The number of carbonyl (C=O) groups excluding carboxylic acids is 1. The molecule has 10 heteroatoms. The van der Waals surface area contributed by atoms with Gasteiger partial charge >= 0.3 is 6.36 Å². The first-order valence-corrected chi connectivity index (χ1v) is 9.88. The first-order valence-electron chi connectivity index (χ1n) is 9.88. The summed E-state index contributed by atoms with van der Waals surface area (Å²) < 4.78 is 66.2. The van der Waals surface area contributed by atoms with Gasteiger partial charge in [0.15, 0.2) is 0 Å². The molecule has 0 bridgehead atoms. The molecule has 0 saturated carbocycles. The summed E-state index contributed by atoms with van der Waals surface area (Å²) in [6, 6.07) is 11.9. The first-order chi connectivity index (χ1) is 15.8. The monoisotopic (exact) mass is 462 g/mol. The fraction of sp³-hybridized carbons (Fsp3) is 0.217. The zero-order valence-corrected chi connectivity index (χ0v) is 17.1. The van der Waals surface area contributed by atoms with Crippen LogP contribution in [0.3, 0.4) is 0 Å². The van der Waals surface area contributed by atoms with Crippen LogP contribution in [0.2, 0.25) is 0 Å². The Morgan fingerprint density at radius 3 is 2.64 bits per heavy atom. The van der Waals surface area contributed by atoms with Crippen LogP contribution in [0, 0.1) is 5.82 Å². The minimum atomic E-state index is -4.82. The second-order valence-corrected chi connectivity index (χ2v) is 7.22. The lowest BCUT2D eigenvalue weighted by Gasteiger charge is -2.36. The molecule has 1 aromatic heterocycles. The standard InChI is InChI=1S/C23H18F4N2O4/c24-16-4-6-17(7-5-16)32-21-8-9-28-11-19(21)20-13-31-14-22(30)29(20)12-15-2-1-3-18(10-15)33-23(25,26)27/h1-11,20H,12-14H2. The van der Waals surface area contributed by atoms with Crippen LogP contribution in [-0.4, -0.2) is 35.4 Å². The van der Waals surface area contributed by atoms with E-state index < -0.39 is 18.2 Å². The van der Waals surface area contributed by atoms with Crippen LogP contribution in [0.25, 0.3) is 0 Å². The molecular formula is C23H18F4N2O4. The van der Waals surface area contributed by atoms with Crippen molar-refractivity contribution in [3.05, 3.63) is 83.9 Å². The van der Waals surface area contributed by atoms with Gasteiger partial charge in [0, 0.05) is 24.5 Å². The van der Waals surface area contributed by atoms with Gasteiger partial charge in [0.1, 0.15) is 29.7 Å². The molecule has 1 amide bonds. The van der Waals surface area contributed by atoms with Crippen LogP contribution in [0.1, 0.15) is 17.2 Å². The summed E-state index contributed by atoms with van der Waals surface area (Å²) in [5, 5.41) is 0. The van der Waals surface area contributed by atoms with Gasteiger partial charge in [0.05, 0.1) is 12.6 Å². The molecule has 2 aromatic carbocycles. The molecule has 0 aliphatic carbocycles. The zero-order valence-electron chi connectivity index (χ0n) is 17.1. The second kappa shape index (κ2) is 9.45. The highest BCUT2D eigenvalue weighted by atomic mass is 19.4. The fourth-order valence-electron chi connectivity index (χ4n) is 3.46. The predicted octanol–water partition coefficient (Wildman–Crippen LogP) is 5.01. The molecule has 1 fully saturated rings. The number of carbonyl (C=O) groups is 1. The lowest BCUT2D eigenvalue weighted by molar-refractivity contribution is -0.274. The number of benzene rings is 2. The third-order valence-electron chi connectivity index (χ3n) is 4.89. The van der Waals surface area contributed by atoms with Crippen molar-refractivity contribution in [3.8, 4) is 17.2 Å². The van der Waals surface area contributed by atoms with Gasteiger partial charge in [-0.15, -0.1) is 13.2 Å². The highest BCUT2D eigenvalue weighted by Gasteiger charge is 2.33. The maximum absolute atomic E-state index is 13.2. The highest BCUT2D eigenvalue weighted by Crippen LogP contribution is 2.35. The summed E-state index contributed by atoms with van der Waals surface area (Å²) in [5.74, 6) is -0.357. The summed E-state index contributed by atoms with van der Waals surface area (Å²) in [6.45, 7) is -0.00753. The van der Waals surface area contributed by atoms with Gasteiger partial charge < -0.3 is 19.1 Å². The minimum Gasteiger partial charge on any atom is -0.457 e. The summed E-state index contributed by atoms with van der Waals surface area (Å²) >= 11 is 0. The van der Waals surface area contributed by atoms with Gasteiger partial charge in [-0.1, -0.05) is 12.1 Å². The normalized spacial score (nSPS) is 16.5. The number of ether oxygens (including phenoxy) is 3. The van der Waals surface area contributed by atoms with Crippen LogP contribution in [0.15, 0.2) is 67.0 Å². The van der Waals surface area contributed by atoms with E-state index in [1.165, 1.54) is 59.8 Å². The molecule has 1 unspecified atom stereocenters. The lowest BCUT2D eigenvalue weighted by Crippen LogP contribution is -2.43. The molecule has 4 rings (SSSR count). The van der Waals surface area contributed by atoms with Gasteiger partial charge in [-0.05, 0) is 48.0 Å². The van der Waals surface area contributed by atoms with Crippen molar-refractivity contribution in [1.82, 2.24) is 9.88 Å². The maximum atomic E-state index is 13.2. The molecular weight excluding hydrogens is 444 g/mol. The molecule has 1 aliphatic rings. The molecule has 0 N–H and O–H groups in total. The van der Waals surface area contributed by atoms with E-state index in [0.29, 0.717) is 22.6 Å². The van der Waals surface area contributed by atoms with Crippen LogP contribution in [0.5, 0.6) is 17.2 Å². The molecule has 0 spiro atoms. The van der Waals surface area contributed by atoms with Crippen molar-refractivity contribution in [2.45, 2.75) is 18.9 Å². The van der Waals surface area contributed by atoms with E-state index in [9.17, 15) is 22.4 Å². The molecule has 3 aromatic rings. The Bertz CT molecular complexity index is 1120. The second-order valence-electron chi connectivity index (χ2n) is 7.22. The summed E-state index contributed by atoms with van der Waals surface area (Å²) in [5.41, 5.74) is 0.986. The molecule has 1 aliphatic heterocycles. The van der Waals surface area contributed by atoms with E-state index in [1.54, 1.807) is 12.1 Å². The van der Waals surface area contributed by atoms with E-state index in [0.717, 1.165) is 0 Å². The van der Waals surface area contributed by atoms with Gasteiger partial charge in [-0.25, -0.2) is 4.39 Å². The Balaban J connectivity index is 1.60. The molecule has 1 saturated heterocycles. The molecule has 172 valence electrons. The average molecular weight is 462 g/mol. The molecule has 2 heterocycles. The van der Waals surface area contributed by atoms with E-state index in [1.807, 2.05) is 0 Å². The number of aromatic nitrogens is 1. The van der Waals surface area contributed by atoms with Gasteiger partial charge in [0.25, 0.3) is 0 Å². The molecule has 6 nitrogen and oxygen atoms in total. The van der Waals surface area contributed by atoms with Crippen molar-refractivity contribution in [1.29, 1.82) is 0 Å². The number of hydrogen-bond donors (Lipinski definition) is 0. The van der Waals surface area contributed by atoms with Crippen LogP contribution in [-0.2, 0) is 16.1 Å². The fourth-order valence-corrected chi connectivity index (χ4v) is 3.46. The topological polar surface area (TPSA) is 60.9 Å². The molecule has 0 radical (unpaired) electrons. The first kappa shape index (κ1) is 22.5. The van der Waals surface area contributed by atoms with Gasteiger partial charge in [0.2, 0.25) is 5.91 Å². The number of nitrogens with zero attached hydrogens (tertiary/aromatic N) is 2. The summed E-state index contributed by atoms with van der Waals surface area (Å²) in [6.07, 6.45) is -1.78. The number of amides is 1. The van der Waals surface area contributed by atoms with Crippen LogP contribution in [0.4, 0.5) is 17.6 Å². The highest BCUT2D eigenvalue weighted by molar-refractivity contribution is 5.78. The Morgan fingerprint density at radius 2 is 1.88 bits per heavy atom. The Morgan fingerprint density at radius 1 is 1.09 bits per heavy atom. The van der Waals surface area contributed by atoms with E-state index in [4.69, 9.17) is 9.47 Å². The van der Waals surface area contributed by atoms with Crippen LogP contribution < -0.4 is 9.47 Å². The summed E-state index contributed by atoms with van der Waals surface area (Å²) in [7, 11) is 0. The van der Waals surface area contributed by atoms with Gasteiger partial charge in [-0.2, -0.15) is 0 Å². The lowest BCUT2D eigenvalue weighted by atomic mass is 10.0. The Kier molecular flexibility index (Phi) is 6.45. The van der Waals surface area contributed by atoms with Crippen molar-refractivity contribution < 1.29 is 36.6 Å². The third kappa shape index (κ3) is 5.78. The van der Waals surface area contributed by atoms with Crippen molar-refractivity contribution >= 4 is 5.91 Å². The number of rotatable bonds is 6. The van der Waals surface area contributed by atoms with E-state index in [-0.39, 0.29) is 31.4 Å². The third-order valence-corrected chi connectivity index (χ3v) is 4.89. The molecule has 1 atom stereocenters. The number of halogens is 4. The number of hydrogen-bond acceptors (Lipinski definition) is 5. The van der Waals surface area contributed by atoms with E-state index >= 15 is 0 Å². The Labute approximate surface area is 186 Å². The van der Waals surface area contributed by atoms with Crippen LogP contribution >= 0.6 is 0 Å². The minimum absolute atomic E-state index is 0.0206. The van der Waals surface area contributed by atoms with Crippen molar-refractivity contribution in [2.75, 3.05) is 13.2 Å². The number of pyridine rings is 1.